The zero-order valence-corrected chi connectivity index (χ0v) is 17.4. The Bertz CT molecular complexity index is 797. The van der Waals surface area contributed by atoms with Crippen molar-refractivity contribution in [3.8, 4) is 11.5 Å². The molecule has 0 aromatic heterocycles. The Morgan fingerprint density at radius 2 is 1.77 bits per heavy atom. The van der Waals surface area contributed by atoms with E-state index < -0.39 is 11.8 Å². The number of rotatable bonds is 6. The lowest BCUT2D eigenvalue weighted by molar-refractivity contribution is -0.123. The van der Waals surface area contributed by atoms with Crippen LogP contribution in [0.4, 0.5) is 0 Å². The zero-order chi connectivity index (χ0) is 19.1. The molecule has 0 aliphatic heterocycles. The van der Waals surface area contributed by atoms with E-state index in [0.717, 1.165) is 4.47 Å². The standard InChI is InChI=1S/C18H18Br2N2O4/c1-11(2)26-15-6-4-3-5-13(15)18(24)22-21-17(23)10-25-16-8-7-12(19)9-14(16)20/h3-9,11H,10H2,1-2H3,(H,21,23)(H,22,24). The molecular weight excluding hydrogens is 468 g/mol. The minimum atomic E-state index is -0.490. The maximum atomic E-state index is 12.3. The number of amides is 2. The van der Waals surface area contributed by atoms with E-state index in [1.54, 1.807) is 42.5 Å². The average molecular weight is 486 g/mol. The highest BCUT2D eigenvalue weighted by atomic mass is 79.9. The van der Waals surface area contributed by atoms with Crippen LogP contribution in [0.15, 0.2) is 51.4 Å². The first-order valence-corrected chi connectivity index (χ1v) is 9.38. The van der Waals surface area contributed by atoms with E-state index in [4.69, 9.17) is 9.47 Å². The van der Waals surface area contributed by atoms with Crippen LogP contribution < -0.4 is 20.3 Å². The van der Waals surface area contributed by atoms with Crippen LogP contribution >= 0.6 is 31.9 Å². The molecule has 2 amide bonds. The fourth-order valence-corrected chi connectivity index (χ4v) is 3.14. The Kier molecular flexibility index (Phi) is 7.47. The minimum absolute atomic E-state index is 0.0729. The number of ether oxygens (including phenoxy) is 2. The van der Waals surface area contributed by atoms with Crippen LogP contribution in [0.2, 0.25) is 0 Å². The van der Waals surface area contributed by atoms with Crippen molar-refractivity contribution in [2.75, 3.05) is 6.61 Å². The van der Waals surface area contributed by atoms with Gasteiger partial charge in [0.2, 0.25) is 0 Å². The fraction of sp³-hybridized carbons (Fsp3) is 0.222. The molecule has 0 unspecified atom stereocenters. The van der Waals surface area contributed by atoms with Crippen molar-refractivity contribution < 1.29 is 19.1 Å². The topological polar surface area (TPSA) is 76.7 Å². The van der Waals surface area contributed by atoms with E-state index in [1.165, 1.54) is 0 Å². The monoisotopic (exact) mass is 484 g/mol. The van der Waals surface area contributed by atoms with Crippen LogP contribution in [0.3, 0.4) is 0 Å². The molecule has 2 N–H and O–H groups in total. The molecule has 0 atom stereocenters. The molecule has 2 aromatic rings. The third kappa shape index (κ3) is 6.03. The highest BCUT2D eigenvalue weighted by Crippen LogP contribution is 2.28. The molecule has 0 aliphatic rings. The van der Waals surface area contributed by atoms with E-state index in [2.05, 4.69) is 42.7 Å². The second kappa shape index (κ2) is 9.59. The largest absolute Gasteiger partial charge is 0.490 e. The predicted octanol–water partition coefficient (Wildman–Crippen LogP) is 3.84. The van der Waals surface area contributed by atoms with E-state index in [9.17, 15) is 9.59 Å². The first kappa shape index (κ1) is 20.3. The highest BCUT2D eigenvalue weighted by molar-refractivity contribution is 9.11. The fourth-order valence-electron chi connectivity index (χ4n) is 1.98. The lowest BCUT2D eigenvalue weighted by Crippen LogP contribution is -2.44. The molecule has 0 spiro atoms. The van der Waals surface area contributed by atoms with Gasteiger partial charge in [0, 0.05) is 4.47 Å². The van der Waals surface area contributed by atoms with E-state index >= 15 is 0 Å². The summed E-state index contributed by atoms with van der Waals surface area (Å²) in [7, 11) is 0. The SMILES string of the molecule is CC(C)Oc1ccccc1C(=O)NNC(=O)COc1ccc(Br)cc1Br. The normalized spacial score (nSPS) is 10.3. The molecule has 8 heteroatoms. The lowest BCUT2D eigenvalue weighted by atomic mass is 10.2. The summed E-state index contributed by atoms with van der Waals surface area (Å²) in [5, 5.41) is 0. The lowest BCUT2D eigenvalue weighted by Gasteiger charge is -2.14. The number of halogens is 2. The summed E-state index contributed by atoms with van der Waals surface area (Å²) < 4.78 is 12.6. The molecule has 2 aromatic carbocycles. The Balaban J connectivity index is 1.88. The van der Waals surface area contributed by atoms with E-state index in [1.807, 2.05) is 13.8 Å². The Morgan fingerprint density at radius 3 is 2.46 bits per heavy atom. The van der Waals surface area contributed by atoms with Crippen molar-refractivity contribution in [3.05, 3.63) is 57.0 Å². The van der Waals surface area contributed by atoms with Crippen molar-refractivity contribution in [1.29, 1.82) is 0 Å². The van der Waals surface area contributed by atoms with Gasteiger partial charge < -0.3 is 9.47 Å². The summed E-state index contributed by atoms with van der Waals surface area (Å²) in [6, 6.07) is 12.1. The summed E-state index contributed by atoms with van der Waals surface area (Å²) in [5.41, 5.74) is 5.01. The highest BCUT2D eigenvalue weighted by Gasteiger charge is 2.14. The van der Waals surface area contributed by atoms with E-state index in [0.29, 0.717) is 21.5 Å². The number of carbonyl (C=O) groups is 2. The minimum Gasteiger partial charge on any atom is -0.490 e. The molecule has 6 nitrogen and oxygen atoms in total. The maximum Gasteiger partial charge on any atom is 0.276 e. The van der Waals surface area contributed by atoms with Gasteiger partial charge in [-0.1, -0.05) is 28.1 Å². The smallest absolute Gasteiger partial charge is 0.276 e. The molecule has 0 saturated heterocycles. The summed E-state index contributed by atoms with van der Waals surface area (Å²) in [4.78, 5) is 24.1. The number of para-hydroxylation sites is 1. The van der Waals surface area contributed by atoms with Crippen molar-refractivity contribution in [3.63, 3.8) is 0 Å². The molecule has 138 valence electrons. The summed E-state index contributed by atoms with van der Waals surface area (Å²) >= 11 is 6.68. The number of nitrogens with one attached hydrogen (secondary N) is 2. The van der Waals surface area contributed by atoms with Crippen LogP contribution in [-0.4, -0.2) is 24.5 Å². The number of hydrogen-bond acceptors (Lipinski definition) is 4. The van der Waals surface area contributed by atoms with Crippen molar-refractivity contribution in [1.82, 2.24) is 10.9 Å². The van der Waals surface area contributed by atoms with Crippen LogP contribution in [-0.2, 0) is 4.79 Å². The number of benzene rings is 2. The molecule has 0 radical (unpaired) electrons. The van der Waals surface area contributed by atoms with Gasteiger partial charge in [0.05, 0.1) is 16.1 Å². The predicted molar refractivity (Wildman–Crippen MR) is 105 cm³/mol. The number of hydrazine groups is 1. The van der Waals surface area contributed by atoms with Gasteiger partial charge in [-0.2, -0.15) is 0 Å². The molecule has 0 aliphatic carbocycles. The first-order chi connectivity index (χ1) is 12.4. The third-order valence-corrected chi connectivity index (χ3v) is 4.18. The first-order valence-electron chi connectivity index (χ1n) is 7.79. The van der Waals surface area contributed by atoms with Gasteiger partial charge in [0.15, 0.2) is 6.61 Å². The van der Waals surface area contributed by atoms with Crippen molar-refractivity contribution in [2.24, 2.45) is 0 Å². The maximum absolute atomic E-state index is 12.3. The summed E-state index contributed by atoms with van der Waals surface area (Å²) in [5.74, 6) is 0.00416. The van der Waals surface area contributed by atoms with Gasteiger partial charge in [-0.3, -0.25) is 20.4 Å². The molecule has 0 bridgehead atoms. The van der Waals surface area contributed by atoms with Gasteiger partial charge in [-0.05, 0) is 60.1 Å². The Hall–Kier alpha value is -2.06. The van der Waals surface area contributed by atoms with Gasteiger partial charge in [0.1, 0.15) is 11.5 Å². The number of hydrogen-bond donors (Lipinski definition) is 2. The Labute approximate surface area is 168 Å². The quantitative estimate of drug-likeness (QED) is 0.609. The molecule has 26 heavy (non-hydrogen) atoms. The van der Waals surface area contributed by atoms with Gasteiger partial charge >= 0.3 is 0 Å². The van der Waals surface area contributed by atoms with Crippen molar-refractivity contribution >= 4 is 43.7 Å². The molecule has 0 fully saturated rings. The number of carbonyl (C=O) groups excluding carboxylic acids is 2. The third-order valence-electron chi connectivity index (χ3n) is 3.06. The Morgan fingerprint density at radius 1 is 1.04 bits per heavy atom. The average Bonchev–Trinajstić information content (AvgIpc) is 2.59. The second-order valence-corrected chi connectivity index (χ2v) is 7.30. The van der Waals surface area contributed by atoms with Crippen molar-refractivity contribution in [2.45, 2.75) is 20.0 Å². The van der Waals surface area contributed by atoms with Gasteiger partial charge in [0.25, 0.3) is 11.8 Å². The van der Waals surface area contributed by atoms with E-state index in [-0.39, 0.29) is 12.7 Å². The van der Waals surface area contributed by atoms with Crippen LogP contribution in [0.1, 0.15) is 24.2 Å². The van der Waals surface area contributed by atoms with Gasteiger partial charge in [-0.15, -0.1) is 0 Å². The molecular formula is C18H18Br2N2O4. The summed E-state index contributed by atoms with van der Waals surface area (Å²) in [6.45, 7) is 3.49. The van der Waals surface area contributed by atoms with Crippen LogP contribution in [0, 0.1) is 0 Å². The van der Waals surface area contributed by atoms with Gasteiger partial charge in [-0.25, -0.2) is 0 Å². The molecule has 2 rings (SSSR count). The molecule has 0 saturated carbocycles. The van der Waals surface area contributed by atoms with Crippen LogP contribution in [0.5, 0.6) is 11.5 Å². The molecule has 0 heterocycles. The van der Waals surface area contributed by atoms with Crippen LogP contribution in [0.25, 0.3) is 0 Å². The zero-order valence-electron chi connectivity index (χ0n) is 14.2. The summed E-state index contributed by atoms with van der Waals surface area (Å²) in [6.07, 6.45) is -0.0729. The second-order valence-electron chi connectivity index (χ2n) is 5.53.